The molecule has 0 aliphatic rings. The van der Waals surface area contributed by atoms with Crippen LogP contribution in [0.3, 0.4) is 0 Å². The number of unbranched alkanes of at least 4 members (excludes halogenated alkanes) is 8. The predicted molar refractivity (Wildman–Crippen MR) is 88.5 cm³/mol. The molecule has 0 rings (SSSR count). The molecule has 0 saturated carbocycles. The van der Waals surface area contributed by atoms with Crippen molar-refractivity contribution in [3.8, 4) is 0 Å². The van der Waals surface area contributed by atoms with Crippen LogP contribution < -0.4 is 0 Å². The van der Waals surface area contributed by atoms with Crippen LogP contribution in [0.4, 0.5) is 0 Å². The van der Waals surface area contributed by atoms with Crippen molar-refractivity contribution < 1.29 is 14.2 Å². The Morgan fingerprint density at radius 3 is 1.38 bits per heavy atom. The fourth-order valence-corrected chi connectivity index (χ4v) is 2.56. The Morgan fingerprint density at radius 1 is 0.619 bits per heavy atom. The molecule has 0 saturated heterocycles. The third-order valence-electron chi connectivity index (χ3n) is 4.02. The fourth-order valence-electron chi connectivity index (χ4n) is 2.56. The molecule has 4 nitrogen and oxygen atoms in total. The first kappa shape index (κ1) is 20.8. The SMILES string of the molecule is COC(CCCCCCCCCCCN(C)C)(OC)OC. The summed E-state index contributed by atoms with van der Waals surface area (Å²) < 4.78 is 15.9. The minimum atomic E-state index is -0.841. The van der Waals surface area contributed by atoms with E-state index in [0.717, 1.165) is 12.8 Å². The summed E-state index contributed by atoms with van der Waals surface area (Å²) >= 11 is 0. The van der Waals surface area contributed by atoms with Crippen LogP contribution in [0.1, 0.15) is 64.2 Å². The molecule has 0 heterocycles. The van der Waals surface area contributed by atoms with Crippen LogP contribution in [-0.4, -0.2) is 52.8 Å². The summed E-state index contributed by atoms with van der Waals surface area (Å²) in [7, 11) is 9.17. The highest BCUT2D eigenvalue weighted by Gasteiger charge is 2.28. The molecule has 0 N–H and O–H groups in total. The summed E-state index contributed by atoms with van der Waals surface area (Å²) in [6.07, 6.45) is 12.6. The molecule has 0 amide bonds. The summed E-state index contributed by atoms with van der Waals surface area (Å²) in [5.74, 6) is -0.841. The molecule has 0 spiro atoms. The molecule has 0 radical (unpaired) electrons. The minimum Gasteiger partial charge on any atom is -0.331 e. The molecule has 0 unspecified atom stereocenters. The molecule has 0 aromatic heterocycles. The Morgan fingerprint density at radius 2 is 1.00 bits per heavy atom. The largest absolute Gasteiger partial charge is 0.331 e. The maximum absolute atomic E-state index is 5.29. The molecule has 0 fully saturated rings. The van der Waals surface area contributed by atoms with E-state index in [4.69, 9.17) is 14.2 Å². The van der Waals surface area contributed by atoms with Crippen molar-refractivity contribution >= 4 is 0 Å². The van der Waals surface area contributed by atoms with Gasteiger partial charge in [0.15, 0.2) is 0 Å². The van der Waals surface area contributed by atoms with E-state index in [1.54, 1.807) is 21.3 Å². The summed E-state index contributed by atoms with van der Waals surface area (Å²) in [6, 6.07) is 0. The number of hydrogen-bond donors (Lipinski definition) is 0. The van der Waals surface area contributed by atoms with Gasteiger partial charge in [-0.2, -0.15) is 0 Å². The second kappa shape index (κ2) is 13.5. The lowest BCUT2D eigenvalue weighted by molar-refractivity contribution is -0.355. The van der Waals surface area contributed by atoms with E-state index in [-0.39, 0.29) is 0 Å². The van der Waals surface area contributed by atoms with Crippen molar-refractivity contribution in [3.63, 3.8) is 0 Å². The van der Waals surface area contributed by atoms with Crippen LogP contribution in [0, 0.1) is 0 Å². The molecular formula is C17H37NO3. The maximum atomic E-state index is 5.29. The molecule has 0 atom stereocenters. The lowest BCUT2D eigenvalue weighted by Crippen LogP contribution is -2.35. The average molecular weight is 303 g/mol. The molecule has 0 aliphatic carbocycles. The van der Waals surface area contributed by atoms with Gasteiger partial charge in [-0.3, -0.25) is 0 Å². The van der Waals surface area contributed by atoms with Gasteiger partial charge < -0.3 is 19.1 Å². The maximum Gasteiger partial charge on any atom is 0.282 e. The molecule has 0 aromatic carbocycles. The normalized spacial score (nSPS) is 12.3. The van der Waals surface area contributed by atoms with Gasteiger partial charge in [-0.05, 0) is 33.5 Å². The van der Waals surface area contributed by atoms with E-state index < -0.39 is 5.97 Å². The van der Waals surface area contributed by atoms with E-state index in [9.17, 15) is 0 Å². The second-order valence-electron chi connectivity index (χ2n) is 6.03. The molecule has 0 bridgehead atoms. The summed E-state index contributed by atoms with van der Waals surface area (Å²) in [5.41, 5.74) is 0. The average Bonchev–Trinajstić information content (AvgIpc) is 2.49. The van der Waals surface area contributed by atoms with Gasteiger partial charge >= 0.3 is 0 Å². The Kier molecular flexibility index (Phi) is 13.4. The topological polar surface area (TPSA) is 30.9 Å². The molecule has 128 valence electrons. The molecule has 4 heteroatoms. The van der Waals surface area contributed by atoms with Crippen molar-refractivity contribution in [1.82, 2.24) is 4.90 Å². The van der Waals surface area contributed by atoms with Gasteiger partial charge in [-0.1, -0.05) is 44.9 Å². The highest BCUT2D eigenvalue weighted by molar-refractivity contribution is 4.57. The highest BCUT2D eigenvalue weighted by atomic mass is 16.9. The van der Waals surface area contributed by atoms with Crippen molar-refractivity contribution in [2.45, 2.75) is 70.2 Å². The van der Waals surface area contributed by atoms with Gasteiger partial charge in [-0.25, -0.2) is 0 Å². The molecule has 0 aliphatic heterocycles. The Bertz CT molecular complexity index is 210. The minimum absolute atomic E-state index is 0.793. The second-order valence-corrected chi connectivity index (χ2v) is 6.03. The van der Waals surface area contributed by atoms with Gasteiger partial charge in [0.05, 0.1) is 0 Å². The van der Waals surface area contributed by atoms with Gasteiger partial charge in [0, 0.05) is 27.8 Å². The highest BCUT2D eigenvalue weighted by Crippen LogP contribution is 2.21. The lowest BCUT2D eigenvalue weighted by Gasteiger charge is -2.28. The van der Waals surface area contributed by atoms with Gasteiger partial charge in [0.1, 0.15) is 0 Å². The monoisotopic (exact) mass is 303 g/mol. The van der Waals surface area contributed by atoms with Crippen LogP contribution >= 0.6 is 0 Å². The van der Waals surface area contributed by atoms with Gasteiger partial charge in [0.2, 0.25) is 0 Å². The Labute approximate surface area is 132 Å². The summed E-state index contributed by atoms with van der Waals surface area (Å²) in [6.45, 7) is 1.22. The van der Waals surface area contributed by atoms with Crippen molar-refractivity contribution in [3.05, 3.63) is 0 Å². The van der Waals surface area contributed by atoms with E-state index in [0.29, 0.717) is 0 Å². The van der Waals surface area contributed by atoms with Crippen molar-refractivity contribution in [2.24, 2.45) is 0 Å². The number of rotatable bonds is 15. The molecular weight excluding hydrogens is 266 g/mol. The van der Waals surface area contributed by atoms with Crippen LogP contribution in [0.5, 0.6) is 0 Å². The third kappa shape index (κ3) is 11.1. The van der Waals surface area contributed by atoms with Crippen LogP contribution in [0.25, 0.3) is 0 Å². The number of ether oxygens (including phenoxy) is 3. The molecule has 21 heavy (non-hydrogen) atoms. The first-order valence-corrected chi connectivity index (χ1v) is 8.40. The smallest absolute Gasteiger partial charge is 0.282 e. The van der Waals surface area contributed by atoms with Gasteiger partial charge in [-0.15, -0.1) is 0 Å². The quantitative estimate of drug-likeness (QED) is 0.337. The van der Waals surface area contributed by atoms with Crippen molar-refractivity contribution in [2.75, 3.05) is 42.0 Å². The summed E-state index contributed by atoms with van der Waals surface area (Å²) in [4.78, 5) is 2.26. The van der Waals surface area contributed by atoms with E-state index in [1.165, 1.54) is 57.9 Å². The fraction of sp³-hybridized carbons (Fsp3) is 1.00. The van der Waals surface area contributed by atoms with Crippen LogP contribution in [-0.2, 0) is 14.2 Å². The standard InChI is InChI=1S/C17H37NO3/c1-18(2)16-14-12-10-8-6-7-9-11-13-15-17(19-3,20-4)21-5/h6-16H2,1-5H3. The van der Waals surface area contributed by atoms with Crippen LogP contribution in [0.2, 0.25) is 0 Å². The van der Waals surface area contributed by atoms with E-state index in [2.05, 4.69) is 19.0 Å². The van der Waals surface area contributed by atoms with Crippen molar-refractivity contribution in [1.29, 1.82) is 0 Å². The zero-order chi connectivity index (χ0) is 16.0. The first-order chi connectivity index (χ1) is 10.1. The Hall–Kier alpha value is -0.160. The third-order valence-corrected chi connectivity index (χ3v) is 4.02. The van der Waals surface area contributed by atoms with E-state index in [1.807, 2.05) is 0 Å². The Balaban J connectivity index is 3.33. The molecule has 0 aromatic rings. The zero-order valence-corrected chi connectivity index (χ0v) is 15.0. The lowest BCUT2D eigenvalue weighted by atomic mass is 10.1. The predicted octanol–water partition coefficient (Wildman–Crippen LogP) is 4.04. The van der Waals surface area contributed by atoms with E-state index >= 15 is 0 Å². The number of hydrogen-bond acceptors (Lipinski definition) is 4. The number of methoxy groups -OCH3 is 3. The first-order valence-electron chi connectivity index (χ1n) is 8.40. The number of nitrogens with zero attached hydrogens (tertiary/aromatic N) is 1. The summed E-state index contributed by atoms with van der Waals surface area (Å²) in [5, 5.41) is 0. The van der Waals surface area contributed by atoms with Crippen LogP contribution in [0.15, 0.2) is 0 Å². The zero-order valence-electron chi connectivity index (χ0n) is 15.0. The van der Waals surface area contributed by atoms with Gasteiger partial charge in [0.25, 0.3) is 5.97 Å².